The number of aryl methyl sites for hydroxylation is 1. The lowest BCUT2D eigenvalue weighted by atomic mass is 9.85. The van der Waals surface area contributed by atoms with E-state index >= 15 is 0 Å². The molecule has 0 saturated carbocycles. The number of rotatable bonds is 4. The van der Waals surface area contributed by atoms with E-state index in [1.807, 2.05) is 36.4 Å². The Morgan fingerprint density at radius 2 is 1.75 bits per heavy atom. The second kappa shape index (κ2) is 6.62. The standard InChI is InChI=1S/C20H16O4/c1-24-18(21)10-8-13-7-9-16-15(11-13)12-17(20(23)19(16)22)14-5-3-2-4-6-14/h2-7,9,11-12H,8,10H2,1H3. The number of ketones is 2. The van der Waals surface area contributed by atoms with E-state index in [1.165, 1.54) is 7.11 Å². The van der Waals surface area contributed by atoms with Crippen molar-refractivity contribution >= 4 is 29.2 Å². The zero-order chi connectivity index (χ0) is 17.1. The molecule has 1 aliphatic rings. The molecule has 120 valence electrons. The van der Waals surface area contributed by atoms with Gasteiger partial charge >= 0.3 is 5.97 Å². The highest BCUT2D eigenvalue weighted by Gasteiger charge is 2.28. The minimum absolute atomic E-state index is 0.275. The van der Waals surface area contributed by atoms with Crippen LogP contribution in [0.15, 0.2) is 48.5 Å². The minimum Gasteiger partial charge on any atom is -0.469 e. The number of esters is 1. The van der Waals surface area contributed by atoms with E-state index in [0.29, 0.717) is 23.1 Å². The van der Waals surface area contributed by atoms with Gasteiger partial charge in [-0.25, -0.2) is 0 Å². The lowest BCUT2D eigenvalue weighted by molar-refractivity contribution is -0.140. The Morgan fingerprint density at radius 3 is 2.46 bits per heavy atom. The maximum absolute atomic E-state index is 12.4. The monoisotopic (exact) mass is 320 g/mol. The molecule has 0 N–H and O–H groups in total. The van der Waals surface area contributed by atoms with Gasteiger partial charge in [-0.3, -0.25) is 14.4 Å². The molecule has 0 amide bonds. The molecule has 0 aliphatic heterocycles. The van der Waals surface area contributed by atoms with Crippen LogP contribution in [-0.4, -0.2) is 24.6 Å². The summed E-state index contributed by atoms with van der Waals surface area (Å²) in [7, 11) is 1.36. The van der Waals surface area contributed by atoms with Crippen molar-refractivity contribution in [3.05, 3.63) is 70.8 Å². The fraction of sp³-hybridized carbons (Fsp3) is 0.150. The molecule has 4 heteroatoms. The van der Waals surface area contributed by atoms with Crippen LogP contribution in [0.5, 0.6) is 0 Å². The van der Waals surface area contributed by atoms with Crippen LogP contribution in [0.4, 0.5) is 0 Å². The molecule has 0 radical (unpaired) electrons. The Balaban J connectivity index is 1.97. The highest BCUT2D eigenvalue weighted by atomic mass is 16.5. The fourth-order valence-corrected chi connectivity index (χ4v) is 2.74. The first-order valence-electron chi connectivity index (χ1n) is 7.66. The van der Waals surface area contributed by atoms with Crippen molar-refractivity contribution < 1.29 is 19.1 Å². The lowest BCUT2D eigenvalue weighted by Gasteiger charge is -2.15. The molecule has 3 rings (SSSR count). The van der Waals surface area contributed by atoms with Gasteiger partial charge in [0.15, 0.2) is 0 Å². The van der Waals surface area contributed by atoms with Gasteiger partial charge in [0.1, 0.15) is 0 Å². The first-order valence-corrected chi connectivity index (χ1v) is 7.66. The van der Waals surface area contributed by atoms with Gasteiger partial charge in [-0.2, -0.15) is 0 Å². The lowest BCUT2D eigenvalue weighted by Crippen LogP contribution is -2.20. The van der Waals surface area contributed by atoms with Crippen LogP contribution >= 0.6 is 0 Å². The van der Waals surface area contributed by atoms with Crippen molar-refractivity contribution in [2.75, 3.05) is 7.11 Å². The maximum Gasteiger partial charge on any atom is 0.305 e. The van der Waals surface area contributed by atoms with Crippen LogP contribution in [0.3, 0.4) is 0 Å². The highest BCUT2D eigenvalue weighted by Crippen LogP contribution is 2.29. The minimum atomic E-state index is -0.495. The number of carbonyl (C=O) groups is 3. The van der Waals surface area contributed by atoms with Crippen LogP contribution in [0.1, 0.15) is 33.5 Å². The first kappa shape index (κ1) is 15.9. The zero-order valence-corrected chi connectivity index (χ0v) is 13.2. The fourth-order valence-electron chi connectivity index (χ4n) is 2.74. The molecule has 0 atom stereocenters. The van der Waals surface area contributed by atoms with Crippen LogP contribution in [-0.2, 0) is 20.7 Å². The Kier molecular flexibility index (Phi) is 4.38. The van der Waals surface area contributed by atoms with Crippen molar-refractivity contribution in [2.24, 2.45) is 0 Å². The van der Waals surface area contributed by atoms with Gasteiger partial charge in [0, 0.05) is 17.6 Å². The predicted octanol–water partition coefficient (Wildman–Crippen LogP) is 3.10. The molecule has 0 fully saturated rings. The number of fused-ring (bicyclic) bond motifs is 1. The first-order chi connectivity index (χ1) is 11.6. The average Bonchev–Trinajstić information content (AvgIpc) is 2.63. The number of methoxy groups -OCH3 is 1. The van der Waals surface area contributed by atoms with Gasteiger partial charge in [-0.1, -0.05) is 48.5 Å². The third kappa shape index (κ3) is 3.04. The predicted molar refractivity (Wildman–Crippen MR) is 90.4 cm³/mol. The van der Waals surface area contributed by atoms with Gasteiger partial charge in [0.25, 0.3) is 0 Å². The third-order valence-electron chi connectivity index (χ3n) is 4.04. The maximum atomic E-state index is 12.4. The average molecular weight is 320 g/mol. The Morgan fingerprint density at radius 1 is 1.00 bits per heavy atom. The normalized spacial score (nSPS) is 13.3. The summed E-state index contributed by atoms with van der Waals surface area (Å²) in [5.41, 5.74) is 3.16. The second-order valence-corrected chi connectivity index (χ2v) is 5.58. The number of carbonyl (C=O) groups excluding carboxylic acids is 3. The van der Waals surface area contributed by atoms with Crippen LogP contribution in [0.25, 0.3) is 11.6 Å². The quantitative estimate of drug-likeness (QED) is 0.641. The second-order valence-electron chi connectivity index (χ2n) is 5.58. The van der Waals surface area contributed by atoms with E-state index in [4.69, 9.17) is 0 Å². The molecular weight excluding hydrogens is 304 g/mol. The molecule has 0 heterocycles. The van der Waals surface area contributed by atoms with Crippen molar-refractivity contribution in [1.29, 1.82) is 0 Å². The molecule has 4 nitrogen and oxygen atoms in total. The Bertz CT molecular complexity index is 847. The van der Waals surface area contributed by atoms with Crippen LogP contribution in [0, 0.1) is 0 Å². The number of ether oxygens (including phenoxy) is 1. The molecule has 2 aromatic carbocycles. The summed E-state index contributed by atoms with van der Waals surface area (Å²) >= 11 is 0. The van der Waals surface area contributed by atoms with Gasteiger partial charge < -0.3 is 4.74 Å². The molecule has 1 aliphatic carbocycles. The molecular formula is C20H16O4. The number of hydrogen-bond acceptors (Lipinski definition) is 4. The zero-order valence-electron chi connectivity index (χ0n) is 13.2. The third-order valence-corrected chi connectivity index (χ3v) is 4.04. The number of hydrogen-bond donors (Lipinski definition) is 0. The number of Topliss-reactive ketones (excluding diaryl/α,β-unsaturated/α-hetero) is 2. The summed E-state index contributed by atoms with van der Waals surface area (Å²) in [4.78, 5) is 36.0. The van der Waals surface area contributed by atoms with Crippen LogP contribution in [0.2, 0.25) is 0 Å². The Labute approximate surface area is 139 Å². The molecule has 0 saturated heterocycles. The molecule has 0 bridgehead atoms. The molecule has 0 unspecified atom stereocenters. The number of benzene rings is 2. The van der Waals surface area contributed by atoms with Crippen LogP contribution < -0.4 is 0 Å². The van der Waals surface area contributed by atoms with Crippen molar-refractivity contribution in [2.45, 2.75) is 12.8 Å². The summed E-state index contributed by atoms with van der Waals surface area (Å²) in [5, 5.41) is 0. The van der Waals surface area contributed by atoms with E-state index in [1.54, 1.807) is 18.2 Å². The largest absolute Gasteiger partial charge is 0.469 e. The topological polar surface area (TPSA) is 60.4 Å². The highest BCUT2D eigenvalue weighted by molar-refractivity contribution is 6.61. The van der Waals surface area contributed by atoms with E-state index in [2.05, 4.69) is 4.74 Å². The van der Waals surface area contributed by atoms with Crippen molar-refractivity contribution in [3.63, 3.8) is 0 Å². The SMILES string of the molecule is COC(=O)CCc1ccc2c(c1)C=C(c1ccccc1)C(=O)C2=O. The van der Waals surface area contributed by atoms with Gasteiger partial charge in [0.2, 0.25) is 11.6 Å². The molecule has 0 aromatic heterocycles. The van der Waals surface area contributed by atoms with Crippen molar-refractivity contribution in [3.8, 4) is 0 Å². The van der Waals surface area contributed by atoms with E-state index in [-0.39, 0.29) is 12.4 Å². The van der Waals surface area contributed by atoms with Gasteiger partial charge in [-0.15, -0.1) is 0 Å². The van der Waals surface area contributed by atoms with Gasteiger partial charge in [-0.05, 0) is 29.2 Å². The van der Waals surface area contributed by atoms with E-state index in [9.17, 15) is 14.4 Å². The van der Waals surface area contributed by atoms with Crippen molar-refractivity contribution in [1.82, 2.24) is 0 Å². The summed E-state index contributed by atoms with van der Waals surface area (Å²) in [6, 6.07) is 14.4. The summed E-state index contributed by atoms with van der Waals surface area (Å²) in [6.45, 7) is 0. The summed E-state index contributed by atoms with van der Waals surface area (Å²) in [6.07, 6.45) is 2.55. The molecule has 2 aromatic rings. The Hall–Kier alpha value is -3.01. The molecule has 24 heavy (non-hydrogen) atoms. The van der Waals surface area contributed by atoms with E-state index in [0.717, 1.165) is 11.1 Å². The summed E-state index contributed by atoms with van der Waals surface area (Å²) in [5.74, 6) is -1.26. The van der Waals surface area contributed by atoms with E-state index < -0.39 is 11.6 Å². The summed E-state index contributed by atoms with van der Waals surface area (Å²) < 4.78 is 4.64. The number of allylic oxidation sites excluding steroid dienone is 1. The molecule has 0 spiro atoms. The smallest absolute Gasteiger partial charge is 0.305 e. The van der Waals surface area contributed by atoms with Gasteiger partial charge in [0.05, 0.1) is 7.11 Å².